The molecule has 0 unspecified atom stereocenters. The van der Waals surface area contributed by atoms with Gasteiger partial charge in [-0.3, -0.25) is 0 Å². The van der Waals surface area contributed by atoms with Gasteiger partial charge in [0.05, 0.1) is 6.61 Å². The van der Waals surface area contributed by atoms with Crippen molar-refractivity contribution in [1.82, 2.24) is 0 Å². The second kappa shape index (κ2) is 12.1. The van der Waals surface area contributed by atoms with E-state index in [1.54, 1.807) is 0 Å². The first-order valence-electron chi connectivity index (χ1n) is 12.2. The Bertz CT molecular complexity index is 659. The predicted octanol–water partition coefficient (Wildman–Crippen LogP) is 7.80. The second-order valence-electron chi connectivity index (χ2n) is 9.18. The van der Waals surface area contributed by atoms with Gasteiger partial charge in [0.2, 0.25) is 0 Å². The summed E-state index contributed by atoms with van der Waals surface area (Å²) < 4.78 is 5.48. The van der Waals surface area contributed by atoms with Crippen LogP contribution in [0.25, 0.3) is 0 Å². The van der Waals surface area contributed by atoms with Gasteiger partial charge in [0.1, 0.15) is 5.75 Å². The zero-order chi connectivity index (χ0) is 20.3. The summed E-state index contributed by atoms with van der Waals surface area (Å²) in [4.78, 5) is 0. The van der Waals surface area contributed by atoms with Crippen LogP contribution in [0.4, 0.5) is 0 Å². The molecule has 1 aromatic rings. The van der Waals surface area contributed by atoms with E-state index in [-0.39, 0.29) is 0 Å². The summed E-state index contributed by atoms with van der Waals surface area (Å²) in [5, 5.41) is 0. The number of rotatable bonds is 7. The van der Waals surface area contributed by atoms with Crippen molar-refractivity contribution in [3.63, 3.8) is 0 Å². The maximum absolute atomic E-state index is 5.48. The highest BCUT2D eigenvalue weighted by molar-refractivity contribution is 5.40. The third-order valence-electron chi connectivity index (χ3n) is 7.17. The van der Waals surface area contributed by atoms with Crippen LogP contribution in [0.3, 0.4) is 0 Å². The highest BCUT2D eigenvalue weighted by Gasteiger charge is 2.30. The molecular formula is C28H40O. The van der Waals surface area contributed by atoms with Crippen molar-refractivity contribution < 1.29 is 4.74 Å². The normalized spacial score (nSPS) is 27.4. The Morgan fingerprint density at radius 3 is 2.17 bits per heavy atom. The van der Waals surface area contributed by atoms with E-state index < -0.39 is 0 Å². The fourth-order valence-corrected chi connectivity index (χ4v) is 5.36. The lowest BCUT2D eigenvalue weighted by Crippen LogP contribution is -2.25. The lowest BCUT2D eigenvalue weighted by molar-refractivity contribution is 0.152. The third kappa shape index (κ3) is 7.26. The molecule has 1 nitrogen and oxygen atoms in total. The largest absolute Gasteiger partial charge is 0.494 e. The molecular weight excluding hydrogens is 352 g/mol. The Kier molecular flexibility index (Phi) is 9.20. The molecule has 2 saturated carbocycles. The van der Waals surface area contributed by atoms with Gasteiger partial charge >= 0.3 is 0 Å². The van der Waals surface area contributed by atoms with Gasteiger partial charge in [-0.25, -0.2) is 0 Å². The van der Waals surface area contributed by atoms with Gasteiger partial charge < -0.3 is 4.74 Å². The standard InChI is InChI=1S/C28H40O/c1-3-5-8-23-11-17-26(18-12-23)27-19-13-24(14-20-27)9-6-7-10-25-15-21-28(22-16-25)29-4-2/h6,9,15-16,21-24,26-27H,3-5,8,11-14,17-20H2,1-2H3/b9-6+. The number of allylic oxidation sites excluding steroid dienone is 2. The molecule has 2 aliphatic carbocycles. The minimum absolute atomic E-state index is 0.705. The molecule has 2 fully saturated rings. The molecule has 0 spiro atoms. The number of hydrogen-bond donors (Lipinski definition) is 0. The molecule has 158 valence electrons. The van der Waals surface area contributed by atoms with Gasteiger partial charge in [-0.05, 0) is 99.5 Å². The highest BCUT2D eigenvalue weighted by Crippen LogP contribution is 2.42. The second-order valence-corrected chi connectivity index (χ2v) is 9.18. The molecule has 3 rings (SSSR count). The monoisotopic (exact) mass is 392 g/mol. The molecule has 0 atom stereocenters. The smallest absolute Gasteiger partial charge is 0.119 e. The predicted molar refractivity (Wildman–Crippen MR) is 124 cm³/mol. The quantitative estimate of drug-likeness (QED) is 0.430. The topological polar surface area (TPSA) is 9.23 Å². The zero-order valence-electron chi connectivity index (χ0n) is 18.7. The Morgan fingerprint density at radius 2 is 1.55 bits per heavy atom. The van der Waals surface area contributed by atoms with Crippen molar-refractivity contribution in [3.05, 3.63) is 42.0 Å². The molecule has 0 radical (unpaired) electrons. The molecule has 0 aliphatic heterocycles. The number of hydrogen-bond acceptors (Lipinski definition) is 1. The third-order valence-corrected chi connectivity index (χ3v) is 7.17. The van der Waals surface area contributed by atoms with Crippen LogP contribution in [0.2, 0.25) is 0 Å². The Labute approximate surface area is 179 Å². The van der Waals surface area contributed by atoms with E-state index in [1.165, 1.54) is 70.6 Å². The van der Waals surface area contributed by atoms with Crippen molar-refractivity contribution >= 4 is 0 Å². The van der Waals surface area contributed by atoms with E-state index in [2.05, 4.69) is 30.9 Å². The molecule has 0 heterocycles. The van der Waals surface area contributed by atoms with Crippen LogP contribution in [0, 0.1) is 35.5 Å². The molecule has 0 saturated heterocycles. The van der Waals surface area contributed by atoms with Crippen molar-refractivity contribution in [2.45, 2.75) is 84.5 Å². The van der Waals surface area contributed by atoms with Crippen molar-refractivity contribution in [3.8, 4) is 17.6 Å². The summed E-state index contributed by atoms with van der Waals surface area (Å²) in [6.45, 7) is 5.03. The van der Waals surface area contributed by atoms with Gasteiger partial charge in [-0.2, -0.15) is 0 Å². The number of ether oxygens (including phenoxy) is 1. The minimum atomic E-state index is 0.705. The molecule has 0 amide bonds. The van der Waals surface area contributed by atoms with Crippen LogP contribution in [-0.4, -0.2) is 6.61 Å². The van der Waals surface area contributed by atoms with Crippen molar-refractivity contribution in [1.29, 1.82) is 0 Å². The first-order valence-corrected chi connectivity index (χ1v) is 12.2. The lowest BCUT2D eigenvalue weighted by atomic mass is 9.68. The maximum Gasteiger partial charge on any atom is 0.119 e. The summed E-state index contributed by atoms with van der Waals surface area (Å²) in [5.74, 6) is 11.2. The molecule has 1 heteroatoms. The first-order chi connectivity index (χ1) is 14.3. The van der Waals surface area contributed by atoms with Gasteiger partial charge in [-0.1, -0.05) is 56.9 Å². The molecule has 1 aromatic carbocycles. The van der Waals surface area contributed by atoms with E-state index >= 15 is 0 Å². The fourth-order valence-electron chi connectivity index (χ4n) is 5.36. The average molecular weight is 393 g/mol. The molecule has 0 N–H and O–H groups in total. The minimum Gasteiger partial charge on any atom is -0.494 e. The van der Waals surface area contributed by atoms with Crippen LogP contribution in [0.15, 0.2) is 36.4 Å². The van der Waals surface area contributed by atoms with Crippen LogP contribution in [0.5, 0.6) is 5.75 Å². The summed E-state index contributed by atoms with van der Waals surface area (Å²) in [7, 11) is 0. The Balaban J connectivity index is 1.37. The SMILES string of the molecule is CCCCC1CCC(C2CCC(/C=C/C#Cc3ccc(OCC)cc3)CC2)CC1. The average Bonchev–Trinajstić information content (AvgIpc) is 2.77. The van der Waals surface area contributed by atoms with E-state index in [9.17, 15) is 0 Å². The highest BCUT2D eigenvalue weighted by atomic mass is 16.5. The van der Waals surface area contributed by atoms with Crippen LogP contribution < -0.4 is 4.74 Å². The lowest BCUT2D eigenvalue weighted by Gasteiger charge is -2.37. The van der Waals surface area contributed by atoms with E-state index in [4.69, 9.17) is 4.74 Å². The van der Waals surface area contributed by atoms with Gasteiger partial charge in [-0.15, -0.1) is 0 Å². The molecule has 0 aromatic heterocycles. The molecule has 2 aliphatic rings. The molecule has 0 bridgehead atoms. The fraction of sp³-hybridized carbons (Fsp3) is 0.643. The van der Waals surface area contributed by atoms with Gasteiger partial charge in [0, 0.05) is 5.56 Å². The van der Waals surface area contributed by atoms with Crippen molar-refractivity contribution in [2.75, 3.05) is 6.61 Å². The summed E-state index contributed by atoms with van der Waals surface area (Å²) in [5.41, 5.74) is 1.05. The molecule has 29 heavy (non-hydrogen) atoms. The Morgan fingerprint density at radius 1 is 0.897 bits per heavy atom. The maximum atomic E-state index is 5.48. The van der Waals surface area contributed by atoms with E-state index in [1.807, 2.05) is 31.2 Å². The van der Waals surface area contributed by atoms with E-state index in [0.29, 0.717) is 6.61 Å². The van der Waals surface area contributed by atoms with E-state index in [0.717, 1.165) is 35.0 Å². The van der Waals surface area contributed by atoms with Gasteiger partial charge in [0.25, 0.3) is 0 Å². The summed E-state index contributed by atoms with van der Waals surface area (Å²) >= 11 is 0. The van der Waals surface area contributed by atoms with Crippen LogP contribution in [0.1, 0.15) is 90.0 Å². The summed E-state index contributed by atoms with van der Waals surface area (Å²) in [6.07, 6.45) is 20.4. The zero-order valence-corrected chi connectivity index (χ0v) is 18.7. The van der Waals surface area contributed by atoms with Gasteiger partial charge in [0.15, 0.2) is 0 Å². The number of unbranched alkanes of at least 4 members (excludes halogenated alkanes) is 1. The summed E-state index contributed by atoms with van der Waals surface area (Å²) in [6, 6.07) is 8.06. The van der Waals surface area contributed by atoms with Crippen LogP contribution >= 0.6 is 0 Å². The van der Waals surface area contributed by atoms with Crippen molar-refractivity contribution in [2.24, 2.45) is 23.7 Å². The van der Waals surface area contributed by atoms with Crippen LogP contribution in [-0.2, 0) is 0 Å². The Hall–Kier alpha value is -1.68. The number of benzene rings is 1. The first kappa shape index (κ1) is 22.0.